The van der Waals surface area contributed by atoms with Gasteiger partial charge >= 0.3 is 0 Å². The van der Waals surface area contributed by atoms with Crippen LogP contribution < -0.4 is 4.74 Å². The molecule has 4 nitrogen and oxygen atoms in total. The fourth-order valence-corrected chi connectivity index (χ4v) is 3.57. The molecule has 2 aliphatic rings. The van der Waals surface area contributed by atoms with E-state index in [-0.39, 0.29) is 12.0 Å². The van der Waals surface area contributed by atoms with Crippen molar-refractivity contribution in [3.05, 3.63) is 29.8 Å². The lowest BCUT2D eigenvalue weighted by Gasteiger charge is -2.47. The third-order valence-corrected chi connectivity index (χ3v) is 4.67. The molecule has 3 rings (SSSR count). The lowest BCUT2D eigenvalue weighted by molar-refractivity contribution is -0.229. The van der Waals surface area contributed by atoms with Gasteiger partial charge in [0.15, 0.2) is 5.79 Å². The number of hydrogen-bond acceptors (Lipinski definition) is 4. The van der Waals surface area contributed by atoms with E-state index in [9.17, 15) is 0 Å². The summed E-state index contributed by atoms with van der Waals surface area (Å²) in [5.74, 6) is 0.784. The summed E-state index contributed by atoms with van der Waals surface area (Å²) >= 11 is 0. The van der Waals surface area contributed by atoms with Gasteiger partial charge in [-0.15, -0.1) is 0 Å². The second kappa shape index (κ2) is 5.35. The molecule has 1 aromatic carbocycles. The van der Waals surface area contributed by atoms with Crippen LogP contribution in [-0.4, -0.2) is 44.6 Å². The molecular weight excluding hydrogens is 254 g/mol. The maximum atomic E-state index is 5.97. The quantitative estimate of drug-likeness (QED) is 0.831. The maximum Gasteiger partial charge on any atom is 0.174 e. The summed E-state index contributed by atoms with van der Waals surface area (Å²) in [6.45, 7) is 4.62. The maximum absolute atomic E-state index is 5.97. The van der Waals surface area contributed by atoms with E-state index in [0.717, 1.165) is 18.7 Å². The molecule has 0 amide bonds. The number of methoxy groups -OCH3 is 1. The SMILES string of the molecule is COc1cccc([C@H]2[C@@H](C)C3(CCN2C)OCCO3)c1. The van der Waals surface area contributed by atoms with E-state index in [1.165, 1.54) is 5.56 Å². The standard InChI is InChI=1S/C16H23NO3/c1-12-15(13-5-4-6-14(11-13)18-3)17(2)8-7-16(12)19-9-10-20-16/h4-6,11-12,15H,7-10H2,1-3H3/t12-,15-/m1/s1. The Balaban J connectivity index is 1.92. The van der Waals surface area contributed by atoms with Crippen LogP contribution in [0.4, 0.5) is 0 Å². The fourth-order valence-electron chi connectivity index (χ4n) is 3.57. The zero-order valence-corrected chi connectivity index (χ0v) is 12.5. The minimum absolute atomic E-state index is 0.288. The summed E-state index contributed by atoms with van der Waals surface area (Å²) < 4.78 is 17.3. The number of hydrogen-bond donors (Lipinski definition) is 0. The van der Waals surface area contributed by atoms with Gasteiger partial charge in [0, 0.05) is 24.9 Å². The molecule has 4 heteroatoms. The molecule has 0 radical (unpaired) electrons. The molecule has 0 bridgehead atoms. The molecule has 20 heavy (non-hydrogen) atoms. The number of likely N-dealkylation sites (tertiary alicyclic amines) is 1. The highest BCUT2D eigenvalue weighted by Gasteiger charge is 2.49. The van der Waals surface area contributed by atoms with Gasteiger partial charge in [-0.3, -0.25) is 4.90 Å². The van der Waals surface area contributed by atoms with Gasteiger partial charge in [0.25, 0.3) is 0 Å². The highest BCUT2D eigenvalue weighted by atomic mass is 16.7. The van der Waals surface area contributed by atoms with Crippen LogP contribution >= 0.6 is 0 Å². The van der Waals surface area contributed by atoms with E-state index >= 15 is 0 Å². The normalized spacial score (nSPS) is 29.8. The third kappa shape index (κ3) is 2.22. The number of piperidine rings is 1. The summed E-state index contributed by atoms with van der Waals surface area (Å²) in [7, 11) is 3.88. The van der Waals surface area contributed by atoms with Gasteiger partial charge in [-0.25, -0.2) is 0 Å². The van der Waals surface area contributed by atoms with Gasteiger partial charge in [-0.05, 0) is 24.7 Å². The molecule has 0 saturated carbocycles. The fraction of sp³-hybridized carbons (Fsp3) is 0.625. The van der Waals surface area contributed by atoms with Crippen molar-refractivity contribution in [3.63, 3.8) is 0 Å². The molecule has 2 aliphatic heterocycles. The van der Waals surface area contributed by atoms with E-state index in [4.69, 9.17) is 14.2 Å². The van der Waals surface area contributed by atoms with Crippen molar-refractivity contribution in [1.29, 1.82) is 0 Å². The van der Waals surface area contributed by atoms with Crippen LogP contribution in [0, 0.1) is 5.92 Å². The molecule has 0 unspecified atom stereocenters. The largest absolute Gasteiger partial charge is 0.497 e. The molecule has 0 N–H and O–H groups in total. The predicted octanol–water partition coefficient (Wildman–Crippen LogP) is 2.45. The lowest BCUT2D eigenvalue weighted by Crippen LogP contribution is -2.52. The summed E-state index contributed by atoms with van der Waals surface area (Å²) in [6.07, 6.45) is 0.936. The van der Waals surface area contributed by atoms with Crippen molar-refractivity contribution in [2.75, 3.05) is 33.9 Å². The van der Waals surface area contributed by atoms with Crippen molar-refractivity contribution in [3.8, 4) is 5.75 Å². The molecule has 1 spiro atoms. The van der Waals surface area contributed by atoms with Gasteiger partial charge in [0.05, 0.1) is 20.3 Å². The third-order valence-electron chi connectivity index (χ3n) is 4.67. The average Bonchev–Trinajstić information content (AvgIpc) is 2.94. The van der Waals surface area contributed by atoms with Crippen LogP contribution in [0.1, 0.15) is 24.9 Å². The molecule has 2 heterocycles. The Morgan fingerprint density at radius 1 is 1.30 bits per heavy atom. The van der Waals surface area contributed by atoms with Gasteiger partial charge < -0.3 is 14.2 Å². The van der Waals surface area contributed by atoms with Crippen molar-refractivity contribution < 1.29 is 14.2 Å². The van der Waals surface area contributed by atoms with Crippen molar-refractivity contribution in [2.45, 2.75) is 25.2 Å². The van der Waals surface area contributed by atoms with Gasteiger partial charge in [0.2, 0.25) is 0 Å². The van der Waals surface area contributed by atoms with E-state index in [1.807, 2.05) is 12.1 Å². The van der Waals surface area contributed by atoms with E-state index in [2.05, 4.69) is 31.0 Å². The number of nitrogens with zero attached hydrogens (tertiary/aromatic N) is 1. The van der Waals surface area contributed by atoms with Crippen LogP contribution in [-0.2, 0) is 9.47 Å². The number of rotatable bonds is 2. The van der Waals surface area contributed by atoms with Crippen LogP contribution in [0.25, 0.3) is 0 Å². The Morgan fingerprint density at radius 2 is 2.05 bits per heavy atom. The molecule has 1 aromatic rings. The highest BCUT2D eigenvalue weighted by molar-refractivity contribution is 5.31. The van der Waals surface area contributed by atoms with Crippen molar-refractivity contribution >= 4 is 0 Å². The Kier molecular flexibility index (Phi) is 3.71. The molecule has 2 atom stereocenters. The van der Waals surface area contributed by atoms with Gasteiger partial charge in [-0.2, -0.15) is 0 Å². The van der Waals surface area contributed by atoms with Crippen LogP contribution in [0.5, 0.6) is 5.75 Å². The first-order valence-corrected chi connectivity index (χ1v) is 7.28. The van der Waals surface area contributed by atoms with Crippen LogP contribution in [0.15, 0.2) is 24.3 Å². The first-order chi connectivity index (χ1) is 9.66. The first kappa shape index (κ1) is 13.9. The predicted molar refractivity (Wildman–Crippen MR) is 76.8 cm³/mol. The van der Waals surface area contributed by atoms with Crippen molar-refractivity contribution in [1.82, 2.24) is 4.90 Å². The Morgan fingerprint density at radius 3 is 2.75 bits per heavy atom. The second-order valence-electron chi connectivity index (χ2n) is 5.75. The molecule has 0 aromatic heterocycles. The van der Waals surface area contributed by atoms with Crippen molar-refractivity contribution in [2.24, 2.45) is 5.92 Å². The summed E-state index contributed by atoms with van der Waals surface area (Å²) in [5, 5.41) is 0. The summed E-state index contributed by atoms with van der Waals surface area (Å²) in [6, 6.07) is 8.60. The molecule has 2 fully saturated rings. The highest BCUT2D eigenvalue weighted by Crippen LogP contribution is 2.45. The first-order valence-electron chi connectivity index (χ1n) is 7.28. The van der Waals surface area contributed by atoms with Crippen LogP contribution in [0.3, 0.4) is 0 Å². The monoisotopic (exact) mass is 277 g/mol. The van der Waals surface area contributed by atoms with E-state index in [0.29, 0.717) is 13.2 Å². The topological polar surface area (TPSA) is 30.9 Å². The zero-order valence-electron chi connectivity index (χ0n) is 12.5. The summed E-state index contributed by atoms with van der Waals surface area (Å²) in [4.78, 5) is 2.38. The molecule has 2 saturated heterocycles. The van der Waals surface area contributed by atoms with Crippen LogP contribution in [0.2, 0.25) is 0 Å². The minimum Gasteiger partial charge on any atom is -0.497 e. The Hall–Kier alpha value is -1.10. The van der Waals surface area contributed by atoms with Gasteiger partial charge in [0.1, 0.15) is 5.75 Å². The Bertz CT molecular complexity index is 471. The van der Waals surface area contributed by atoms with E-state index < -0.39 is 5.79 Å². The number of ether oxygens (including phenoxy) is 3. The molecule has 110 valence electrons. The Labute approximate surface area is 120 Å². The average molecular weight is 277 g/mol. The lowest BCUT2D eigenvalue weighted by atomic mass is 9.81. The van der Waals surface area contributed by atoms with E-state index in [1.54, 1.807) is 7.11 Å². The molecule has 0 aliphatic carbocycles. The summed E-state index contributed by atoms with van der Waals surface area (Å²) in [5.41, 5.74) is 1.26. The number of benzene rings is 1. The van der Waals surface area contributed by atoms with Gasteiger partial charge in [-0.1, -0.05) is 19.1 Å². The minimum atomic E-state index is -0.403. The zero-order chi connectivity index (χ0) is 14.2. The second-order valence-corrected chi connectivity index (χ2v) is 5.75. The smallest absolute Gasteiger partial charge is 0.174 e. The molecular formula is C16H23NO3.